The van der Waals surface area contributed by atoms with E-state index in [2.05, 4.69) is 11.4 Å². The van der Waals surface area contributed by atoms with Crippen molar-refractivity contribution in [2.75, 3.05) is 5.75 Å². The molecule has 1 aromatic carbocycles. The molecule has 1 rings (SSSR count). The molecule has 1 N–H and O–H groups in total. The Bertz CT molecular complexity index is 481. The number of amides is 1. The Balaban J connectivity index is 2.53. The van der Waals surface area contributed by atoms with Crippen LogP contribution in [-0.4, -0.2) is 17.2 Å². The van der Waals surface area contributed by atoms with Crippen molar-refractivity contribution in [1.82, 2.24) is 5.32 Å². The van der Waals surface area contributed by atoms with Crippen molar-refractivity contribution in [1.29, 1.82) is 5.26 Å². The summed E-state index contributed by atoms with van der Waals surface area (Å²) in [5, 5.41) is 11.8. The molecule has 0 aromatic heterocycles. The summed E-state index contributed by atoms with van der Waals surface area (Å²) in [7, 11) is 0. The van der Waals surface area contributed by atoms with E-state index in [0.717, 1.165) is 4.90 Å². The maximum absolute atomic E-state index is 12.7. The first-order chi connectivity index (χ1) is 8.87. The topological polar surface area (TPSA) is 52.9 Å². The molecule has 1 atom stereocenters. The Labute approximate surface area is 117 Å². The first kappa shape index (κ1) is 15.5. The molecule has 1 aromatic rings. The highest BCUT2D eigenvalue weighted by Crippen LogP contribution is 2.19. The second-order valence-corrected chi connectivity index (χ2v) is 5.81. The van der Waals surface area contributed by atoms with Crippen LogP contribution in [0.1, 0.15) is 20.8 Å². The average Bonchev–Trinajstić information content (AvgIpc) is 2.37. The summed E-state index contributed by atoms with van der Waals surface area (Å²) in [6, 6.07) is 8.08. The van der Waals surface area contributed by atoms with Crippen LogP contribution < -0.4 is 5.32 Å². The van der Waals surface area contributed by atoms with Crippen LogP contribution in [-0.2, 0) is 4.79 Å². The van der Waals surface area contributed by atoms with Crippen molar-refractivity contribution >= 4 is 17.7 Å². The van der Waals surface area contributed by atoms with E-state index in [1.54, 1.807) is 19.1 Å². The van der Waals surface area contributed by atoms with Gasteiger partial charge in [-0.05, 0) is 37.1 Å². The van der Waals surface area contributed by atoms with Gasteiger partial charge in [0.2, 0.25) is 5.91 Å². The fraction of sp³-hybridized carbons (Fsp3) is 0.429. The Kier molecular flexibility index (Phi) is 5.37. The van der Waals surface area contributed by atoms with E-state index >= 15 is 0 Å². The molecule has 0 aliphatic carbocycles. The van der Waals surface area contributed by atoms with Crippen LogP contribution in [0, 0.1) is 23.1 Å². The predicted octanol–water partition coefficient (Wildman–Crippen LogP) is 2.97. The molecule has 3 nitrogen and oxygen atoms in total. The third-order valence-corrected chi connectivity index (χ3v) is 3.98. The van der Waals surface area contributed by atoms with Gasteiger partial charge >= 0.3 is 0 Å². The fourth-order valence-electron chi connectivity index (χ4n) is 1.31. The molecule has 0 saturated carbocycles. The van der Waals surface area contributed by atoms with Gasteiger partial charge < -0.3 is 5.32 Å². The smallest absolute Gasteiger partial charge is 0.231 e. The number of thioether (sulfide) groups is 1. The molecule has 0 bridgehead atoms. The van der Waals surface area contributed by atoms with Gasteiger partial charge in [0.25, 0.3) is 0 Å². The number of nitriles is 1. The predicted molar refractivity (Wildman–Crippen MR) is 74.1 cm³/mol. The Hall–Kier alpha value is -1.54. The van der Waals surface area contributed by atoms with Crippen LogP contribution in [0.4, 0.5) is 4.39 Å². The lowest BCUT2D eigenvalue weighted by Crippen LogP contribution is -2.49. The maximum atomic E-state index is 12.7. The summed E-state index contributed by atoms with van der Waals surface area (Å²) in [6.45, 7) is 5.48. The van der Waals surface area contributed by atoms with E-state index in [9.17, 15) is 9.18 Å². The monoisotopic (exact) mass is 280 g/mol. The van der Waals surface area contributed by atoms with Crippen molar-refractivity contribution in [2.45, 2.75) is 31.2 Å². The molecule has 5 heteroatoms. The van der Waals surface area contributed by atoms with Crippen LogP contribution in [0.15, 0.2) is 29.2 Å². The Morgan fingerprint density at radius 2 is 2.05 bits per heavy atom. The van der Waals surface area contributed by atoms with E-state index in [4.69, 9.17) is 5.26 Å². The third-order valence-electron chi connectivity index (χ3n) is 2.97. The number of rotatable bonds is 5. The molecular weight excluding hydrogens is 263 g/mol. The average molecular weight is 280 g/mol. The standard InChI is InChI=1S/C14H17FN2OS/c1-10(2)14(3,9-16)17-13(18)8-19-12-6-4-11(15)5-7-12/h4-7,10H,8H2,1-3H3,(H,17,18). The molecule has 1 amide bonds. The normalized spacial score (nSPS) is 13.7. The lowest BCUT2D eigenvalue weighted by Gasteiger charge is -2.27. The van der Waals surface area contributed by atoms with E-state index < -0.39 is 5.54 Å². The van der Waals surface area contributed by atoms with Gasteiger partial charge in [0.05, 0.1) is 11.8 Å². The van der Waals surface area contributed by atoms with Gasteiger partial charge in [-0.25, -0.2) is 4.39 Å². The number of carbonyl (C=O) groups excluding carboxylic acids is 1. The zero-order valence-electron chi connectivity index (χ0n) is 11.2. The number of carbonyl (C=O) groups is 1. The fourth-order valence-corrected chi connectivity index (χ4v) is 2.01. The summed E-state index contributed by atoms with van der Waals surface area (Å²) < 4.78 is 12.7. The highest BCUT2D eigenvalue weighted by molar-refractivity contribution is 8.00. The molecule has 0 aliphatic heterocycles. The maximum Gasteiger partial charge on any atom is 0.231 e. The molecule has 19 heavy (non-hydrogen) atoms. The number of benzene rings is 1. The van der Waals surface area contributed by atoms with Crippen molar-refractivity contribution < 1.29 is 9.18 Å². The summed E-state index contributed by atoms with van der Waals surface area (Å²) in [6.07, 6.45) is 0. The number of nitrogens with one attached hydrogen (secondary N) is 1. The molecule has 0 saturated heterocycles. The number of hydrogen-bond acceptors (Lipinski definition) is 3. The van der Waals surface area contributed by atoms with Gasteiger partial charge in [-0.2, -0.15) is 5.26 Å². The molecule has 1 unspecified atom stereocenters. The van der Waals surface area contributed by atoms with Gasteiger partial charge in [-0.1, -0.05) is 13.8 Å². The van der Waals surface area contributed by atoms with Crippen LogP contribution in [0.5, 0.6) is 0 Å². The Morgan fingerprint density at radius 1 is 1.47 bits per heavy atom. The quantitative estimate of drug-likeness (QED) is 0.844. The SMILES string of the molecule is CC(C)C(C)(C#N)NC(=O)CSc1ccc(F)cc1. The van der Waals surface area contributed by atoms with Crippen LogP contribution in [0.25, 0.3) is 0 Å². The van der Waals surface area contributed by atoms with Gasteiger partial charge in [-0.3, -0.25) is 4.79 Å². The minimum absolute atomic E-state index is 0.0253. The summed E-state index contributed by atoms with van der Waals surface area (Å²) in [4.78, 5) is 12.6. The highest BCUT2D eigenvalue weighted by atomic mass is 32.2. The van der Waals surface area contributed by atoms with Gasteiger partial charge in [0.1, 0.15) is 11.4 Å². The van der Waals surface area contributed by atoms with Crippen molar-refractivity contribution in [2.24, 2.45) is 5.92 Å². The van der Waals surface area contributed by atoms with Crippen LogP contribution >= 0.6 is 11.8 Å². The lowest BCUT2D eigenvalue weighted by atomic mass is 9.90. The highest BCUT2D eigenvalue weighted by Gasteiger charge is 2.29. The zero-order valence-corrected chi connectivity index (χ0v) is 12.1. The molecular formula is C14H17FN2OS. The van der Waals surface area contributed by atoms with E-state index in [-0.39, 0.29) is 23.4 Å². The summed E-state index contributed by atoms with van der Waals surface area (Å²) in [5.41, 5.74) is -0.861. The van der Waals surface area contributed by atoms with E-state index in [1.165, 1.54) is 23.9 Å². The van der Waals surface area contributed by atoms with E-state index in [0.29, 0.717) is 0 Å². The minimum Gasteiger partial charge on any atom is -0.337 e. The number of halogens is 1. The largest absolute Gasteiger partial charge is 0.337 e. The first-order valence-electron chi connectivity index (χ1n) is 5.98. The molecule has 0 fully saturated rings. The van der Waals surface area contributed by atoms with Crippen molar-refractivity contribution in [3.05, 3.63) is 30.1 Å². The molecule has 0 spiro atoms. The van der Waals surface area contributed by atoms with Crippen molar-refractivity contribution in [3.63, 3.8) is 0 Å². The summed E-state index contributed by atoms with van der Waals surface area (Å²) >= 11 is 1.31. The Morgan fingerprint density at radius 3 is 2.53 bits per heavy atom. The molecule has 0 aliphatic rings. The van der Waals surface area contributed by atoms with Gasteiger partial charge in [0.15, 0.2) is 0 Å². The van der Waals surface area contributed by atoms with E-state index in [1.807, 2.05) is 13.8 Å². The number of nitrogens with zero attached hydrogens (tertiary/aromatic N) is 1. The molecule has 0 radical (unpaired) electrons. The second kappa shape index (κ2) is 6.58. The number of hydrogen-bond donors (Lipinski definition) is 1. The minimum atomic E-state index is -0.861. The third kappa shape index (κ3) is 4.56. The zero-order chi connectivity index (χ0) is 14.5. The van der Waals surface area contributed by atoms with Crippen molar-refractivity contribution in [3.8, 4) is 6.07 Å². The van der Waals surface area contributed by atoms with Gasteiger partial charge in [0, 0.05) is 4.90 Å². The molecule has 102 valence electrons. The first-order valence-corrected chi connectivity index (χ1v) is 6.96. The van der Waals surface area contributed by atoms with Gasteiger partial charge in [-0.15, -0.1) is 11.8 Å². The summed E-state index contributed by atoms with van der Waals surface area (Å²) in [5.74, 6) is -0.273. The van der Waals surface area contributed by atoms with Crippen LogP contribution in [0.2, 0.25) is 0 Å². The second-order valence-electron chi connectivity index (χ2n) is 4.76. The van der Waals surface area contributed by atoms with Crippen LogP contribution in [0.3, 0.4) is 0 Å². The molecule has 0 heterocycles. The lowest BCUT2D eigenvalue weighted by molar-refractivity contribution is -0.120.